The second-order valence-corrected chi connectivity index (χ2v) is 11.3. The molecular formula is C44H34O3. The van der Waals surface area contributed by atoms with Gasteiger partial charge < -0.3 is 14.6 Å². The van der Waals surface area contributed by atoms with Crippen molar-refractivity contribution >= 4 is 0 Å². The number of benzene rings is 7. The molecule has 3 heteroatoms. The summed E-state index contributed by atoms with van der Waals surface area (Å²) in [4.78, 5) is 0. The van der Waals surface area contributed by atoms with E-state index in [4.69, 9.17) is 9.47 Å². The Labute approximate surface area is 276 Å². The highest BCUT2D eigenvalue weighted by atomic mass is 16.5. The summed E-state index contributed by atoms with van der Waals surface area (Å²) in [7, 11) is 0. The van der Waals surface area contributed by atoms with E-state index in [1.165, 1.54) is 0 Å². The minimum absolute atomic E-state index is 0.174. The fourth-order valence-corrected chi connectivity index (χ4v) is 6.05. The number of hydrogen-bond acceptors (Lipinski definition) is 3. The number of phenols is 1. The second-order valence-electron chi connectivity index (χ2n) is 11.3. The molecule has 7 aromatic rings. The molecule has 0 radical (unpaired) electrons. The van der Waals surface area contributed by atoms with Crippen molar-refractivity contribution in [3.8, 4) is 61.8 Å². The molecular weight excluding hydrogens is 576 g/mol. The lowest BCUT2D eigenvalue weighted by Gasteiger charge is -2.19. The Morgan fingerprint density at radius 2 is 0.766 bits per heavy atom. The summed E-state index contributed by atoms with van der Waals surface area (Å²) in [5.74, 6) is 1.69. The lowest BCUT2D eigenvalue weighted by molar-refractivity contribution is 0.281. The highest BCUT2D eigenvalue weighted by Crippen LogP contribution is 2.41. The number of hydrogen-bond donors (Lipinski definition) is 1. The molecule has 0 heterocycles. The number of rotatable bonds is 10. The molecule has 47 heavy (non-hydrogen) atoms. The van der Waals surface area contributed by atoms with Gasteiger partial charge in [-0.2, -0.15) is 0 Å². The van der Waals surface area contributed by atoms with Crippen LogP contribution >= 0.6 is 0 Å². The van der Waals surface area contributed by atoms with Gasteiger partial charge in [0.2, 0.25) is 0 Å². The molecule has 0 aliphatic heterocycles. The minimum Gasteiger partial charge on any atom is -0.508 e. The minimum atomic E-state index is 0.174. The van der Waals surface area contributed by atoms with Gasteiger partial charge in [-0.3, -0.25) is 0 Å². The summed E-state index contributed by atoms with van der Waals surface area (Å²) in [6, 6.07) is 59.2. The summed E-state index contributed by atoms with van der Waals surface area (Å²) in [5, 5.41) is 11.1. The smallest absolute Gasteiger partial charge is 0.128 e. The maximum Gasteiger partial charge on any atom is 0.128 e. The first kappa shape index (κ1) is 29.6. The molecule has 0 aliphatic rings. The summed E-state index contributed by atoms with van der Waals surface area (Å²) < 4.78 is 13.2. The first-order chi connectivity index (χ1) is 23.3. The van der Waals surface area contributed by atoms with Gasteiger partial charge in [0.05, 0.1) is 0 Å². The lowest BCUT2D eigenvalue weighted by Crippen LogP contribution is -2.06. The van der Waals surface area contributed by atoms with Gasteiger partial charge in [0.15, 0.2) is 0 Å². The zero-order valence-corrected chi connectivity index (χ0v) is 25.9. The zero-order valence-electron chi connectivity index (χ0n) is 25.9. The van der Waals surface area contributed by atoms with Crippen LogP contribution in [0.1, 0.15) is 11.1 Å². The normalized spacial score (nSPS) is 10.8. The van der Waals surface area contributed by atoms with E-state index in [0.29, 0.717) is 5.56 Å². The molecule has 0 aromatic heterocycles. The molecule has 0 unspecified atom stereocenters. The maximum absolute atomic E-state index is 11.1. The van der Waals surface area contributed by atoms with Crippen molar-refractivity contribution in [2.45, 2.75) is 13.2 Å². The quantitative estimate of drug-likeness (QED) is 0.167. The Morgan fingerprint density at radius 3 is 1.23 bits per heavy atom. The molecule has 228 valence electrons. The van der Waals surface area contributed by atoms with E-state index < -0.39 is 0 Å². The van der Waals surface area contributed by atoms with Gasteiger partial charge in [0, 0.05) is 16.7 Å². The molecule has 7 rings (SSSR count). The fraction of sp³-hybridized carbons (Fsp3) is 0.0455. The van der Waals surface area contributed by atoms with Crippen LogP contribution in [0, 0.1) is 0 Å². The molecule has 1 N–H and O–H groups in total. The van der Waals surface area contributed by atoms with Crippen LogP contribution in [0.15, 0.2) is 176 Å². The Morgan fingerprint density at radius 1 is 0.362 bits per heavy atom. The van der Waals surface area contributed by atoms with Crippen molar-refractivity contribution in [3.05, 3.63) is 187 Å². The van der Waals surface area contributed by atoms with Crippen molar-refractivity contribution in [2.24, 2.45) is 0 Å². The molecule has 0 spiro atoms. The largest absolute Gasteiger partial charge is 0.508 e. The first-order valence-electron chi connectivity index (χ1n) is 15.8. The number of aromatic hydroxyl groups is 1. The zero-order chi connectivity index (χ0) is 31.8. The van der Waals surface area contributed by atoms with Crippen LogP contribution in [-0.4, -0.2) is 5.11 Å². The summed E-state index contributed by atoms with van der Waals surface area (Å²) >= 11 is 0. The van der Waals surface area contributed by atoms with Crippen LogP contribution in [0.25, 0.3) is 44.5 Å². The van der Waals surface area contributed by atoms with Gasteiger partial charge in [-0.15, -0.1) is 0 Å². The SMILES string of the molecule is Oc1cccc(COc2cccc(-c3ccccc3)c2-c2ccccc2)c1COc1cccc(-c2ccccc2)c1-c1ccccc1. The van der Waals surface area contributed by atoms with Crippen LogP contribution in [0.3, 0.4) is 0 Å². The van der Waals surface area contributed by atoms with Crippen molar-refractivity contribution in [1.29, 1.82) is 0 Å². The van der Waals surface area contributed by atoms with Crippen LogP contribution < -0.4 is 9.47 Å². The molecule has 0 saturated heterocycles. The Bertz CT molecular complexity index is 2070. The van der Waals surface area contributed by atoms with Crippen LogP contribution in [0.4, 0.5) is 0 Å². The van der Waals surface area contributed by atoms with E-state index in [0.717, 1.165) is 61.6 Å². The average Bonchev–Trinajstić information content (AvgIpc) is 3.14. The lowest BCUT2D eigenvalue weighted by atomic mass is 9.93. The summed E-state index contributed by atoms with van der Waals surface area (Å²) in [6.45, 7) is 0.444. The molecule has 0 bridgehead atoms. The number of ether oxygens (including phenoxy) is 2. The summed E-state index contributed by atoms with van der Waals surface area (Å²) in [5.41, 5.74) is 10.1. The molecule has 0 saturated carbocycles. The molecule has 7 aromatic carbocycles. The third-order valence-electron chi connectivity index (χ3n) is 8.35. The third kappa shape index (κ3) is 6.51. The first-order valence-corrected chi connectivity index (χ1v) is 15.8. The Hall–Kier alpha value is -6.06. The van der Waals surface area contributed by atoms with E-state index in [1.54, 1.807) is 6.07 Å². The van der Waals surface area contributed by atoms with Gasteiger partial charge in [0.1, 0.15) is 30.5 Å². The van der Waals surface area contributed by atoms with Crippen molar-refractivity contribution in [2.75, 3.05) is 0 Å². The topological polar surface area (TPSA) is 38.7 Å². The molecule has 0 amide bonds. The standard InChI is InChI=1S/C44H34O3/c45-40-27-13-24-36(30-46-41-28-14-25-37(32-16-5-1-6-17-32)43(41)34-20-9-3-10-21-34)39(40)31-47-42-29-15-26-38(33-18-7-2-8-19-33)44(42)35-22-11-4-12-23-35/h1-29,45H,30-31H2. The van der Waals surface area contributed by atoms with Gasteiger partial charge in [-0.25, -0.2) is 0 Å². The van der Waals surface area contributed by atoms with E-state index in [1.807, 2.05) is 97.1 Å². The monoisotopic (exact) mass is 610 g/mol. The predicted molar refractivity (Wildman–Crippen MR) is 191 cm³/mol. The van der Waals surface area contributed by atoms with E-state index in [9.17, 15) is 5.11 Å². The molecule has 0 fully saturated rings. The third-order valence-corrected chi connectivity index (χ3v) is 8.35. The van der Waals surface area contributed by atoms with E-state index >= 15 is 0 Å². The number of phenolic OH excluding ortho intramolecular Hbond substituents is 1. The molecule has 0 atom stereocenters. The predicted octanol–water partition coefficient (Wildman–Crippen LogP) is 11.2. The van der Waals surface area contributed by atoms with Crippen molar-refractivity contribution in [1.82, 2.24) is 0 Å². The van der Waals surface area contributed by atoms with E-state index in [-0.39, 0.29) is 19.0 Å². The van der Waals surface area contributed by atoms with Crippen LogP contribution in [-0.2, 0) is 13.2 Å². The van der Waals surface area contributed by atoms with Crippen molar-refractivity contribution in [3.63, 3.8) is 0 Å². The van der Waals surface area contributed by atoms with Gasteiger partial charge in [-0.1, -0.05) is 158 Å². The van der Waals surface area contributed by atoms with Gasteiger partial charge in [-0.05, 0) is 57.1 Å². The Kier molecular flexibility index (Phi) is 8.78. The highest BCUT2D eigenvalue weighted by Gasteiger charge is 2.18. The van der Waals surface area contributed by atoms with Gasteiger partial charge >= 0.3 is 0 Å². The van der Waals surface area contributed by atoms with Gasteiger partial charge in [0.25, 0.3) is 0 Å². The fourth-order valence-electron chi connectivity index (χ4n) is 6.05. The molecule has 3 nitrogen and oxygen atoms in total. The highest BCUT2D eigenvalue weighted by molar-refractivity contribution is 5.88. The van der Waals surface area contributed by atoms with E-state index in [2.05, 4.69) is 72.8 Å². The maximum atomic E-state index is 11.1. The molecule has 0 aliphatic carbocycles. The van der Waals surface area contributed by atoms with Crippen LogP contribution in [0.5, 0.6) is 17.2 Å². The summed E-state index contributed by atoms with van der Waals surface area (Å²) in [6.07, 6.45) is 0. The van der Waals surface area contributed by atoms with Crippen LogP contribution in [0.2, 0.25) is 0 Å². The van der Waals surface area contributed by atoms with Crippen molar-refractivity contribution < 1.29 is 14.6 Å². The Balaban J connectivity index is 1.21. The average molecular weight is 611 g/mol. The second kappa shape index (κ2) is 13.9.